The van der Waals surface area contributed by atoms with Gasteiger partial charge >= 0.3 is 6.03 Å². The summed E-state index contributed by atoms with van der Waals surface area (Å²) in [6.45, 7) is 2.82. The Bertz CT molecular complexity index is 667. The number of carbonyl (C=O) groups excluding carboxylic acids is 1. The van der Waals surface area contributed by atoms with E-state index in [1.807, 2.05) is 24.3 Å². The molecule has 2 aromatic carbocycles. The topological polar surface area (TPSA) is 50.4 Å². The van der Waals surface area contributed by atoms with Gasteiger partial charge in [0.25, 0.3) is 0 Å². The average Bonchev–Trinajstić information content (AvgIpc) is 2.72. The normalized spacial score (nSPS) is 16.0. The molecule has 4 heteroatoms. The average molecular weight is 352 g/mol. The van der Waals surface area contributed by atoms with Crippen molar-refractivity contribution in [2.24, 2.45) is 0 Å². The minimum atomic E-state index is -0.0835. The van der Waals surface area contributed by atoms with E-state index in [4.69, 9.17) is 4.74 Å². The monoisotopic (exact) mass is 352 g/mol. The maximum absolute atomic E-state index is 12.2. The lowest BCUT2D eigenvalue weighted by Crippen LogP contribution is -2.47. The van der Waals surface area contributed by atoms with Gasteiger partial charge in [-0.25, -0.2) is 4.79 Å². The van der Waals surface area contributed by atoms with E-state index in [-0.39, 0.29) is 11.4 Å². The second-order valence-electron chi connectivity index (χ2n) is 6.96. The van der Waals surface area contributed by atoms with Gasteiger partial charge in [-0.3, -0.25) is 0 Å². The minimum Gasteiger partial charge on any atom is -0.381 e. The highest BCUT2D eigenvalue weighted by atomic mass is 16.5. The first-order valence-corrected chi connectivity index (χ1v) is 9.47. The van der Waals surface area contributed by atoms with Crippen LogP contribution in [0.3, 0.4) is 0 Å². The van der Waals surface area contributed by atoms with E-state index >= 15 is 0 Å². The van der Waals surface area contributed by atoms with Gasteiger partial charge in [0, 0.05) is 31.7 Å². The van der Waals surface area contributed by atoms with E-state index in [0.717, 1.165) is 38.9 Å². The van der Waals surface area contributed by atoms with Gasteiger partial charge < -0.3 is 15.4 Å². The maximum atomic E-state index is 12.2. The summed E-state index contributed by atoms with van der Waals surface area (Å²) in [6, 6.07) is 20.8. The molecular weight excluding hydrogens is 324 g/mol. The van der Waals surface area contributed by atoms with Crippen LogP contribution in [0.15, 0.2) is 60.7 Å². The Kier molecular flexibility index (Phi) is 6.67. The third kappa shape index (κ3) is 5.09. The van der Waals surface area contributed by atoms with Gasteiger partial charge in [-0.1, -0.05) is 60.7 Å². The van der Waals surface area contributed by atoms with E-state index in [2.05, 4.69) is 47.0 Å². The number of carbonyl (C=O) groups is 1. The summed E-state index contributed by atoms with van der Waals surface area (Å²) < 4.78 is 5.55. The summed E-state index contributed by atoms with van der Waals surface area (Å²) in [5, 5.41) is 6.06. The molecule has 0 bridgehead atoms. The summed E-state index contributed by atoms with van der Waals surface area (Å²) in [6.07, 6.45) is 3.79. The molecule has 1 aliphatic rings. The van der Waals surface area contributed by atoms with Crippen molar-refractivity contribution in [3.8, 4) is 0 Å². The number of benzene rings is 2. The molecule has 2 amide bonds. The fourth-order valence-corrected chi connectivity index (χ4v) is 3.57. The first-order valence-electron chi connectivity index (χ1n) is 9.47. The number of hydrogen-bond donors (Lipinski definition) is 2. The lowest BCUT2D eigenvalue weighted by atomic mass is 9.74. The van der Waals surface area contributed by atoms with E-state index in [1.54, 1.807) is 0 Å². The molecule has 0 unspecified atom stereocenters. The van der Waals surface area contributed by atoms with Crippen LogP contribution in [-0.4, -0.2) is 32.3 Å². The molecule has 0 atom stereocenters. The molecule has 1 fully saturated rings. The van der Waals surface area contributed by atoms with E-state index in [1.165, 1.54) is 11.1 Å². The predicted molar refractivity (Wildman–Crippen MR) is 104 cm³/mol. The molecule has 2 aromatic rings. The zero-order chi connectivity index (χ0) is 18.1. The third-order valence-electron chi connectivity index (χ3n) is 5.19. The fraction of sp³-hybridized carbons (Fsp3) is 0.409. The molecule has 1 aliphatic heterocycles. The van der Waals surface area contributed by atoms with E-state index in [9.17, 15) is 4.79 Å². The Hall–Kier alpha value is -2.33. The molecule has 4 nitrogen and oxygen atoms in total. The van der Waals surface area contributed by atoms with Gasteiger partial charge in [-0.2, -0.15) is 0 Å². The first kappa shape index (κ1) is 18.5. The molecule has 0 saturated carbocycles. The van der Waals surface area contributed by atoms with Crippen LogP contribution in [-0.2, 0) is 16.6 Å². The van der Waals surface area contributed by atoms with Crippen LogP contribution in [0.5, 0.6) is 0 Å². The van der Waals surface area contributed by atoms with Gasteiger partial charge in [0.1, 0.15) is 0 Å². The molecule has 0 spiro atoms. The second kappa shape index (κ2) is 9.39. The van der Waals surface area contributed by atoms with Crippen molar-refractivity contribution >= 4 is 6.03 Å². The zero-order valence-electron chi connectivity index (χ0n) is 15.2. The molecule has 1 heterocycles. The van der Waals surface area contributed by atoms with Gasteiger partial charge in [-0.15, -0.1) is 0 Å². The summed E-state index contributed by atoms with van der Waals surface area (Å²) in [4.78, 5) is 12.2. The fourth-order valence-electron chi connectivity index (χ4n) is 3.57. The molecular formula is C22H28N2O2. The third-order valence-corrected chi connectivity index (χ3v) is 5.19. The molecule has 26 heavy (non-hydrogen) atoms. The molecule has 0 radical (unpaired) electrons. The summed E-state index contributed by atoms with van der Waals surface area (Å²) in [5.74, 6) is 0. The second-order valence-corrected chi connectivity index (χ2v) is 6.96. The van der Waals surface area contributed by atoms with Crippen LogP contribution in [0.2, 0.25) is 0 Å². The van der Waals surface area contributed by atoms with Gasteiger partial charge in [0.15, 0.2) is 0 Å². The van der Waals surface area contributed by atoms with Gasteiger partial charge in [0.2, 0.25) is 0 Å². The van der Waals surface area contributed by atoms with Crippen molar-refractivity contribution in [2.45, 2.75) is 31.1 Å². The smallest absolute Gasteiger partial charge is 0.314 e. The Morgan fingerprint density at radius 2 is 1.58 bits per heavy atom. The number of urea groups is 1. The van der Waals surface area contributed by atoms with Gasteiger partial charge in [0.05, 0.1) is 0 Å². The molecule has 138 valence electrons. The van der Waals surface area contributed by atoms with Gasteiger partial charge in [-0.05, 0) is 36.8 Å². The number of aryl methyl sites for hydroxylation is 1. The van der Waals surface area contributed by atoms with Crippen molar-refractivity contribution in [2.75, 3.05) is 26.3 Å². The zero-order valence-corrected chi connectivity index (χ0v) is 15.2. The van der Waals surface area contributed by atoms with E-state index in [0.29, 0.717) is 13.1 Å². The van der Waals surface area contributed by atoms with Crippen LogP contribution < -0.4 is 10.6 Å². The highest BCUT2D eigenvalue weighted by molar-refractivity contribution is 5.73. The highest BCUT2D eigenvalue weighted by Gasteiger charge is 2.34. The largest absolute Gasteiger partial charge is 0.381 e. The van der Waals surface area contributed by atoms with Crippen LogP contribution in [0.4, 0.5) is 4.79 Å². The number of nitrogens with one attached hydrogen (secondary N) is 2. The Balaban J connectivity index is 1.46. The highest BCUT2D eigenvalue weighted by Crippen LogP contribution is 2.34. The van der Waals surface area contributed by atoms with Crippen molar-refractivity contribution in [1.82, 2.24) is 10.6 Å². The predicted octanol–water partition coefficient (Wildman–Crippen LogP) is 3.67. The summed E-state index contributed by atoms with van der Waals surface area (Å²) in [5.41, 5.74) is 2.56. The van der Waals surface area contributed by atoms with E-state index < -0.39 is 0 Å². The lowest BCUT2D eigenvalue weighted by molar-refractivity contribution is 0.0507. The maximum Gasteiger partial charge on any atom is 0.314 e. The minimum absolute atomic E-state index is 0.0269. The Morgan fingerprint density at radius 3 is 2.27 bits per heavy atom. The van der Waals surface area contributed by atoms with Crippen LogP contribution in [0, 0.1) is 0 Å². The number of hydrogen-bond acceptors (Lipinski definition) is 2. The molecule has 2 N–H and O–H groups in total. The standard InChI is InChI=1S/C22H28N2O2/c25-21(23-15-7-10-19-8-3-1-4-9-19)24-18-22(13-16-26-17-14-22)20-11-5-2-6-12-20/h1-6,8-9,11-12H,7,10,13-18H2,(H2,23,24,25). The van der Waals surface area contributed by atoms with Crippen molar-refractivity contribution in [3.05, 3.63) is 71.8 Å². The quantitative estimate of drug-likeness (QED) is 0.747. The van der Waals surface area contributed by atoms with Crippen molar-refractivity contribution in [3.63, 3.8) is 0 Å². The molecule has 3 rings (SSSR count). The Labute approximate surface area is 156 Å². The van der Waals surface area contributed by atoms with Crippen molar-refractivity contribution in [1.29, 1.82) is 0 Å². The SMILES string of the molecule is O=C(NCCCc1ccccc1)NCC1(c2ccccc2)CCOCC1. The lowest BCUT2D eigenvalue weighted by Gasteiger charge is -2.38. The van der Waals surface area contributed by atoms with Crippen LogP contribution >= 0.6 is 0 Å². The molecule has 1 saturated heterocycles. The number of amides is 2. The molecule has 0 aromatic heterocycles. The Morgan fingerprint density at radius 1 is 0.923 bits per heavy atom. The summed E-state index contributed by atoms with van der Waals surface area (Å²) >= 11 is 0. The van der Waals surface area contributed by atoms with Crippen LogP contribution in [0.1, 0.15) is 30.4 Å². The number of ether oxygens (including phenoxy) is 1. The first-order chi connectivity index (χ1) is 12.8. The molecule has 0 aliphatic carbocycles. The van der Waals surface area contributed by atoms with Crippen LogP contribution in [0.25, 0.3) is 0 Å². The summed E-state index contributed by atoms with van der Waals surface area (Å²) in [7, 11) is 0. The number of rotatable bonds is 7. The van der Waals surface area contributed by atoms with Crippen molar-refractivity contribution < 1.29 is 9.53 Å².